The fourth-order valence-corrected chi connectivity index (χ4v) is 1.91. The second-order valence-corrected chi connectivity index (χ2v) is 4.68. The van der Waals surface area contributed by atoms with Crippen LogP contribution in [0.2, 0.25) is 5.02 Å². The Morgan fingerprint density at radius 2 is 1.95 bits per heavy atom. The molecular formula is C14H12ClN3O3. The predicted molar refractivity (Wildman–Crippen MR) is 79.9 cm³/mol. The lowest BCUT2D eigenvalue weighted by atomic mass is 10.1. The van der Waals surface area contributed by atoms with E-state index in [1.54, 1.807) is 24.3 Å². The average Bonchev–Trinajstić information content (AvgIpc) is 2.45. The van der Waals surface area contributed by atoms with Gasteiger partial charge in [-0.15, -0.1) is 0 Å². The van der Waals surface area contributed by atoms with Gasteiger partial charge in [0.1, 0.15) is 23.2 Å². The number of benzene rings is 2. The molecule has 2 aromatic rings. The van der Waals surface area contributed by atoms with Crippen molar-refractivity contribution in [2.24, 2.45) is 5.73 Å². The van der Waals surface area contributed by atoms with Gasteiger partial charge < -0.3 is 10.5 Å². The second kappa shape index (κ2) is 6.23. The molecule has 7 heteroatoms. The third kappa shape index (κ3) is 3.70. The molecule has 0 bridgehead atoms. The van der Waals surface area contributed by atoms with Crippen LogP contribution < -0.4 is 10.5 Å². The minimum absolute atomic E-state index is 0.00428. The number of amidine groups is 1. The molecule has 0 atom stereocenters. The lowest BCUT2D eigenvalue weighted by Gasteiger charge is -2.07. The van der Waals surface area contributed by atoms with Crippen molar-refractivity contribution in [1.29, 1.82) is 5.41 Å². The van der Waals surface area contributed by atoms with Crippen LogP contribution in [0, 0.1) is 15.5 Å². The summed E-state index contributed by atoms with van der Waals surface area (Å²) in [5.41, 5.74) is 6.73. The van der Waals surface area contributed by atoms with Crippen molar-refractivity contribution in [3.05, 3.63) is 68.7 Å². The maximum absolute atomic E-state index is 10.7. The zero-order chi connectivity index (χ0) is 15.4. The number of halogens is 1. The smallest absolute Gasteiger partial charge is 0.288 e. The van der Waals surface area contributed by atoms with Crippen molar-refractivity contribution in [2.75, 3.05) is 0 Å². The molecule has 0 unspecified atom stereocenters. The first-order chi connectivity index (χ1) is 9.97. The highest BCUT2D eigenvalue weighted by Crippen LogP contribution is 2.28. The topological polar surface area (TPSA) is 102 Å². The highest BCUT2D eigenvalue weighted by Gasteiger charge is 2.12. The van der Waals surface area contributed by atoms with Gasteiger partial charge in [0.25, 0.3) is 5.69 Å². The van der Waals surface area contributed by atoms with Gasteiger partial charge in [-0.25, -0.2) is 0 Å². The molecule has 6 nitrogen and oxygen atoms in total. The normalized spacial score (nSPS) is 10.1. The van der Waals surface area contributed by atoms with Crippen molar-refractivity contribution in [2.45, 2.75) is 6.61 Å². The van der Waals surface area contributed by atoms with Crippen molar-refractivity contribution in [3.8, 4) is 5.75 Å². The summed E-state index contributed by atoms with van der Waals surface area (Å²) in [6, 6.07) is 11.2. The highest BCUT2D eigenvalue weighted by molar-refractivity contribution is 6.32. The Labute approximate surface area is 125 Å². The number of ether oxygens (including phenoxy) is 1. The zero-order valence-electron chi connectivity index (χ0n) is 10.9. The fraction of sp³-hybridized carbons (Fsp3) is 0.0714. The minimum atomic E-state index is -0.549. The Bertz CT molecular complexity index is 686. The number of rotatable bonds is 5. The van der Waals surface area contributed by atoms with E-state index in [1.807, 2.05) is 0 Å². The van der Waals surface area contributed by atoms with Gasteiger partial charge in [-0.2, -0.15) is 0 Å². The van der Waals surface area contributed by atoms with Gasteiger partial charge in [0.15, 0.2) is 0 Å². The van der Waals surface area contributed by atoms with Gasteiger partial charge in [0.05, 0.1) is 4.92 Å². The number of nitro benzene ring substituents is 1. The summed E-state index contributed by atoms with van der Waals surface area (Å²) in [7, 11) is 0. The van der Waals surface area contributed by atoms with E-state index in [9.17, 15) is 10.1 Å². The van der Waals surface area contributed by atoms with E-state index in [0.717, 1.165) is 5.56 Å². The molecule has 0 aromatic heterocycles. The average molecular weight is 306 g/mol. The van der Waals surface area contributed by atoms with Crippen LogP contribution in [0.25, 0.3) is 0 Å². The first-order valence-corrected chi connectivity index (χ1v) is 6.35. The van der Waals surface area contributed by atoms with E-state index in [-0.39, 0.29) is 23.2 Å². The third-order valence-corrected chi connectivity index (χ3v) is 3.09. The molecular weight excluding hydrogens is 294 g/mol. The Balaban J connectivity index is 2.04. The molecule has 0 fully saturated rings. The molecule has 3 N–H and O–H groups in total. The Morgan fingerprint density at radius 1 is 1.29 bits per heavy atom. The van der Waals surface area contributed by atoms with Crippen molar-refractivity contribution < 1.29 is 9.66 Å². The first kappa shape index (κ1) is 14.8. The van der Waals surface area contributed by atoms with Crippen LogP contribution >= 0.6 is 11.6 Å². The molecule has 21 heavy (non-hydrogen) atoms. The highest BCUT2D eigenvalue weighted by atomic mass is 35.5. The van der Waals surface area contributed by atoms with E-state index in [0.29, 0.717) is 11.3 Å². The summed E-state index contributed by atoms with van der Waals surface area (Å²) in [6.07, 6.45) is 0. The summed E-state index contributed by atoms with van der Waals surface area (Å²) in [6.45, 7) is 0.284. The molecule has 0 saturated heterocycles. The van der Waals surface area contributed by atoms with Gasteiger partial charge in [-0.1, -0.05) is 35.9 Å². The molecule has 0 saturated carbocycles. The lowest BCUT2D eigenvalue weighted by Crippen LogP contribution is -2.10. The van der Waals surface area contributed by atoms with E-state index in [2.05, 4.69) is 0 Å². The maximum atomic E-state index is 10.7. The van der Waals surface area contributed by atoms with Gasteiger partial charge >= 0.3 is 0 Å². The molecule has 0 aliphatic carbocycles. The van der Waals surface area contributed by atoms with Crippen LogP contribution in [0.15, 0.2) is 42.5 Å². The second-order valence-electron chi connectivity index (χ2n) is 4.27. The zero-order valence-corrected chi connectivity index (χ0v) is 11.6. The molecule has 108 valence electrons. The van der Waals surface area contributed by atoms with Gasteiger partial charge in [0.2, 0.25) is 0 Å². The number of hydrogen-bond donors (Lipinski definition) is 2. The molecule has 0 aliphatic heterocycles. The van der Waals surface area contributed by atoms with Crippen molar-refractivity contribution in [3.63, 3.8) is 0 Å². The molecule has 2 rings (SSSR count). The van der Waals surface area contributed by atoms with Crippen LogP contribution in [-0.2, 0) is 6.61 Å². The summed E-state index contributed by atoms with van der Waals surface area (Å²) < 4.78 is 5.52. The first-order valence-electron chi connectivity index (χ1n) is 5.97. The van der Waals surface area contributed by atoms with E-state index in [4.69, 9.17) is 27.5 Å². The molecule has 0 amide bonds. The van der Waals surface area contributed by atoms with Crippen LogP contribution in [-0.4, -0.2) is 10.8 Å². The summed E-state index contributed by atoms with van der Waals surface area (Å²) in [4.78, 5) is 10.1. The van der Waals surface area contributed by atoms with Gasteiger partial charge in [-0.3, -0.25) is 15.5 Å². The number of nitrogen functional groups attached to an aromatic ring is 1. The molecule has 2 aromatic carbocycles. The summed E-state index contributed by atoms with van der Waals surface area (Å²) in [5.74, 6) is 0.450. The van der Waals surface area contributed by atoms with Crippen LogP contribution in [0.3, 0.4) is 0 Å². The fourth-order valence-electron chi connectivity index (χ4n) is 1.67. The van der Waals surface area contributed by atoms with Crippen LogP contribution in [0.4, 0.5) is 5.69 Å². The lowest BCUT2D eigenvalue weighted by molar-refractivity contribution is -0.384. The Morgan fingerprint density at radius 3 is 2.48 bits per heavy atom. The number of nitrogens with one attached hydrogen (secondary N) is 1. The molecule has 0 spiro atoms. The van der Waals surface area contributed by atoms with E-state index >= 15 is 0 Å². The molecule has 0 aliphatic rings. The van der Waals surface area contributed by atoms with E-state index in [1.165, 1.54) is 18.2 Å². The van der Waals surface area contributed by atoms with E-state index < -0.39 is 4.92 Å². The Hall–Kier alpha value is -2.60. The number of nitrogens with zero attached hydrogens (tertiary/aromatic N) is 1. The summed E-state index contributed by atoms with van der Waals surface area (Å²) in [5, 5.41) is 18.0. The molecule has 0 radical (unpaired) electrons. The maximum Gasteiger partial charge on any atom is 0.288 e. The number of hydrogen-bond acceptors (Lipinski definition) is 4. The molecule has 0 heterocycles. The van der Waals surface area contributed by atoms with Gasteiger partial charge in [-0.05, 0) is 11.6 Å². The van der Waals surface area contributed by atoms with Crippen LogP contribution in [0.1, 0.15) is 11.1 Å². The largest absolute Gasteiger partial charge is 0.489 e. The van der Waals surface area contributed by atoms with Crippen molar-refractivity contribution >= 4 is 23.1 Å². The number of nitrogens with two attached hydrogens (primary N) is 1. The predicted octanol–water partition coefficient (Wildman–Crippen LogP) is 3.11. The summed E-state index contributed by atoms with van der Waals surface area (Å²) >= 11 is 5.80. The quantitative estimate of drug-likeness (QED) is 0.383. The number of nitro groups is 1. The van der Waals surface area contributed by atoms with Crippen molar-refractivity contribution in [1.82, 2.24) is 0 Å². The monoisotopic (exact) mass is 305 g/mol. The Kier molecular flexibility index (Phi) is 4.39. The minimum Gasteiger partial charge on any atom is -0.489 e. The SMILES string of the molecule is N=C(N)c1ccc(COc2ccc([N+](=O)[O-])c(Cl)c2)cc1. The standard InChI is InChI=1S/C14H12ClN3O3/c15-12-7-11(5-6-13(12)18(19)20)21-8-9-1-3-10(4-2-9)14(16)17/h1-7H,8H2,(H3,16,17). The third-order valence-electron chi connectivity index (χ3n) is 2.79. The van der Waals surface area contributed by atoms with Crippen LogP contribution in [0.5, 0.6) is 5.75 Å². The van der Waals surface area contributed by atoms with Gasteiger partial charge in [0, 0.05) is 17.7 Å².